The molecule has 0 radical (unpaired) electrons. The molecule has 1 aromatic carbocycles. The van der Waals surface area contributed by atoms with Gasteiger partial charge >= 0.3 is 18.2 Å². The number of nitrogens with one attached hydrogen (secondary N) is 2. The Morgan fingerprint density at radius 3 is 2.61 bits per heavy atom. The van der Waals surface area contributed by atoms with E-state index in [4.69, 9.17) is 5.11 Å². The molecule has 0 bridgehead atoms. The Balaban J connectivity index is 2.56. The van der Waals surface area contributed by atoms with Crippen LogP contribution in [0.2, 0.25) is 0 Å². The van der Waals surface area contributed by atoms with E-state index in [0.717, 1.165) is 0 Å². The fourth-order valence-electron chi connectivity index (χ4n) is 1.67. The number of hydrogen-bond donors (Lipinski definition) is 3. The van der Waals surface area contributed by atoms with Crippen LogP contribution in [0.3, 0.4) is 0 Å². The highest BCUT2D eigenvalue weighted by Crippen LogP contribution is 2.27. The van der Waals surface area contributed by atoms with E-state index in [2.05, 4.69) is 15.4 Å². The van der Waals surface area contributed by atoms with Crippen LogP contribution < -0.4 is 15.4 Å². The van der Waals surface area contributed by atoms with Gasteiger partial charge in [-0.05, 0) is 25.5 Å². The number of ether oxygens (including phenoxy) is 1. The molecule has 0 atom stereocenters. The molecule has 0 fully saturated rings. The van der Waals surface area contributed by atoms with Crippen LogP contribution in [0.1, 0.15) is 18.4 Å². The molecule has 0 heterocycles. The summed E-state index contributed by atoms with van der Waals surface area (Å²) in [6.45, 7) is 0.270. The zero-order valence-electron chi connectivity index (χ0n) is 12.4. The normalized spacial score (nSPS) is 11.0. The van der Waals surface area contributed by atoms with Crippen molar-refractivity contribution in [2.75, 3.05) is 18.5 Å². The van der Waals surface area contributed by atoms with Gasteiger partial charge in [0.1, 0.15) is 5.75 Å². The van der Waals surface area contributed by atoms with Crippen molar-refractivity contribution in [2.24, 2.45) is 0 Å². The number of rotatable bonds is 7. The molecule has 23 heavy (non-hydrogen) atoms. The summed E-state index contributed by atoms with van der Waals surface area (Å²) < 4.78 is 41.2. The van der Waals surface area contributed by atoms with E-state index < -0.39 is 24.8 Å². The minimum Gasteiger partial charge on any atom is -0.484 e. The van der Waals surface area contributed by atoms with Gasteiger partial charge in [0.15, 0.2) is 6.61 Å². The number of hydrogen-bond acceptors (Lipinski definition) is 3. The predicted molar refractivity (Wildman–Crippen MR) is 76.6 cm³/mol. The summed E-state index contributed by atoms with van der Waals surface area (Å²) in [5.74, 6) is -0.941. The van der Waals surface area contributed by atoms with Crippen molar-refractivity contribution in [3.63, 3.8) is 0 Å². The molecule has 6 nitrogen and oxygen atoms in total. The van der Waals surface area contributed by atoms with Crippen molar-refractivity contribution in [1.82, 2.24) is 5.32 Å². The molecule has 128 valence electrons. The Hall–Kier alpha value is -2.45. The molecule has 1 rings (SSSR count). The number of carboxylic acid groups (broad SMARTS) is 1. The third-order valence-corrected chi connectivity index (χ3v) is 2.78. The van der Waals surface area contributed by atoms with E-state index in [0.29, 0.717) is 11.3 Å². The minimum atomic E-state index is -4.45. The van der Waals surface area contributed by atoms with Crippen molar-refractivity contribution >= 4 is 17.7 Å². The van der Waals surface area contributed by atoms with Crippen LogP contribution in [0.25, 0.3) is 0 Å². The van der Waals surface area contributed by atoms with Crippen molar-refractivity contribution in [2.45, 2.75) is 25.9 Å². The molecule has 0 spiro atoms. The van der Waals surface area contributed by atoms with Gasteiger partial charge in [-0.15, -0.1) is 0 Å². The number of carbonyl (C=O) groups excluding carboxylic acids is 1. The van der Waals surface area contributed by atoms with E-state index in [1.807, 2.05) is 0 Å². The molecule has 0 aliphatic rings. The minimum absolute atomic E-state index is 0.0194. The summed E-state index contributed by atoms with van der Waals surface area (Å²) in [5.41, 5.74) is 0.665. The number of benzene rings is 1. The second-order valence-corrected chi connectivity index (χ2v) is 4.71. The smallest absolute Gasteiger partial charge is 0.422 e. The summed E-state index contributed by atoms with van der Waals surface area (Å²) in [6, 6.07) is 3.77. The highest BCUT2D eigenvalue weighted by Gasteiger charge is 2.28. The summed E-state index contributed by atoms with van der Waals surface area (Å²) in [7, 11) is 0. The molecule has 0 unspecified atom stereocenters. The van der Waals surface area contributed by atoms with Crippen molar-refractivity contribution in [3.05, 3.63) is 23.8 Å². The topological polar surface area (TPSA) is 87.7 Å². The van der Waals surface area contributed by atoms with Gasteiger partial charge in [0.2, 0.25) is 0 Å². The number of carboxylic acids is 1. The van der Waals surface area contributed by atoms with Crippen molar-refractivity contribution in [3.8, 4) is 5.75 Å². The van der Waals surface area contributed by atoms with Crippen LogP contribution in [-0.4, -0.2) is 36.4 Å². The van der Waals surface area contributed by atoms with Gasteiger partial charge in [-0.2, -0.15) is 13.2 Å². The average Bonchev–Trinajstić information content (AvgIpc) is 2.43. The lowest BCUT2D eigenvalue weighted by Crippen LogP contribution is -2.30. The van der Waals surface area contributed by atoms with E-state index in [-0.39, 0.29) is 25.1 Å². The first-order chi connectivity index (χ1) is 10.7. The predicted octanol–water partition coefficient (Wildman–Crippen LogP) is 2.92. The maximum Gasteiger partial charge on any atom is 0.422 e. The van der Waals surface area contributed by atoms with Gasteiger partial charge in [-0.1, -0.05) is 6.07 Å². The van der Waals surface area contributed by atoms with Crippen LogP contribution in [-0.2, 0) is 4.79 Å². The SMILES string of the molecule is Cc1c(NC(=O)NCCCC(=O)O)cccc1OCC(F)(F)F. The second-order valence-electron chi connectivity index (χ2n) is 4.71. The molecule has 1 aromatic rings. The first-order valence-corrected chi connectivity index (χ1v) is 6.75. The summed E-state index contributed by atoms with van der Waals surface area (Å²) in [6.07, 6.45) is -4.24. The zero-order chi connectivity index (χ0) is 17.5. The van der Waals surface area contributed by atoms with Crippen LogP contribution >= 0.6 is 0 Å². The number of amides is 2. The quantitative estimate of drug-likeness (QED) is 0.669. The van der Waals surface area contributed by atoms with Gasteiger partial charge in [0, 0.05) is 24.2 Å². The second kappa shape index (κ2) is 8.25. The van der Waals surface area contributed by atoms with E-state index >= 15 is 0 Å². The highest BCUT2D eigenvalue weighted by atomic mass is 19.4. The summed E-state index contributed by atoms with van der Waals surface area (Å²) in [5, 5.41) is 13.4. The Morgan fingerprint density at radius 2 is 2.00 bits per heavy atom. The molecule has 0 saturated carbocycles. The molecule has 9 heteroatoms. The zero-order valence-corrected chi connectivity index (χ0v) is 12.4. The number of carbonyl (C=O) groups is 2. The van der Waals surface area contributed by atoms with Crippen molar-refractivity contribution in [1.29, 1.82) is 0 Å². The number of aliphatic carboxylic acids is 1. The first kappa shape index (κ1) is 18.6. The van der Waals surface area contributed by atoms with Gasteiger partial charge in [-0.3, -0.25) is 4.79 Å². The Kier molecular flexibility index (Phi) is 6.67. The Labute approximate surface area is 130 Å². The van der Waals surface area contributed by atoms with Crippen LogP contribution in [0.4, 0.5) is 23.7 Å². The van der Waals surface area contributed by atoms with E-state index in [9.17, 15) is 22.8 Å². The van der Waals surface area contributed by atoms with Gasteiger partial charge in [0.25, 0.3) is 0 Å². The Morgan fingerprint density at radius 1 is 1.30 bits per heavy atom. The Bertz CT molecular complexity index is 561. The van der Waals surface area contributed by atoms with Gasteiger partial charge in [0.05, 0.1) is 0 Å². The molecular weight excluding hydrogens is 317 g/mol. The third-order valence-electron chi connectivity index (χ3n) is 2.78. The van der Waals surface area contributed by atoms with Crippen molar-refractivity contribution < 1.29 is 32.6 Å². The fraction of sp³-hybridized carbons (Fsp3) is 0.429. The van der Waals surface area contributed by atoms with Gasteiger partial charge < -0.3 is 20.5 Å². The molecule has 0 aliphatic heterocycles. The van der Waals surface area contributed by atoms with E-state index in [1.165, 1.54) is 25.1 Å². The molecule has 0 aliphatic carbocycles. The number of urea groups is 1. The molecule has 0 aromatic heterocycles. The number of alkyl halides is 3. The monoisotopic (exact) mass is 334 g/mol. The lowest BCUT2D eigenvalue weighted by atomic mass is 10.2. The molecule has 3 N–H and O–H groups in total. The summed E-state index contributed by atoms with van der Waals surface area (Å²) >= 11 is 0. The number of halogens is 3. The lowest BCUT2D eigenvalue weighted by Gasteiger charge is -2.15. The highest BCUT2D eigenvalue weighted by molar-refractivity contribution is 5.90. The average molecular weight is 334 g/mol. The maximum atomic E-state index is 12.2. The van der Waals surface area contributed by atoms with E-state index in [1.54, 1.807) is 0 Å². The third kappa shape index (κ3) is 7.39. The maximum absolute atomic E-state index is 12.2. The largest absolute Gasteiger partial charge is 0.484 e. The summed E-state index contributed by atoms with van der Waals surface area (Å²) in [4.78, 5) is 22.0. The standard InChI is InChI=1S/C14H17F3N2O4/c1-9-10(19-13(22)18-7-3-6-12(20)21)4-2-5-11(9)23-8-14(15,16)17/h2,4-5H,3,6-8H2,1H3,(H,20,21)(H2,18,19,22). The molecular formula is C14H17F3N2O4. The van der Waals surface area contributed by atoms with Gasteiger partial charge in [-0.25, -0.2) is 4.79 Å². The first-order valence-electron chi connectivity index (χ1n) is 6.75. The van der Waals surface area contributed by atoms with Crippen LogP contribution in [0.5, 0.6) is 5.75 Å². The van der Waals surface area contributed by atoms with Crippen LogP contribution in [0.15, 0.2) is 18.2 Å². The lowest BCUT2D eigenvalue weighted by molar-refractivity contribution is -0.153. The molecule has 2 amide bonds. The number of anilines is 1. The molecule has 0 saturated heterocycles. The fourth-order valence-corrected chi connectivity index (χ4v) is 1.67. The van der Waals surface area contributed by atoms with Crippen LogP contribution in [0, 0.1) is 6.92 Å².